The van der Waals surface area contributed by atoms with Crippen molar-refractivity contribution in [2.45, 2.75) is 40.5 Å². The fourth-order valence-electron chi connectivity index (χ4n) is 1.89. The van der Waals surface area contributed by atoms with Crippen LogP contribution in [0.5, 0.6) is 0 Å². The Bertz CT molecular complexity index is 571. The Morgan fingerprint density at radius 1 is 0.833 bits per heavy atom. The molecule has 0 unspecified atom stereocenters. The van der Waals surface area contributed by atoms with E-state index in [0.717, 1.165) is 11.1 Å². The van der Waals surface area contributed by atoms with Crippen LogP contribution in [0, 0.1) is 0 Å². The van der Waals surface area contributed by atoms with Gasteiger partial charge in [0.05, 0.1) is 24.3 Å². The molecule has 0 atom stereocenters. The summed E-state index contributed by atoms with van der Waals surface area (Å²) in [4.78, 5) is 24.4. The monoisotopic (exact) mass is 330 g/mol. The standard InChI is InChI=1S/C20H26O4/c1-5-15(3)11-13-23-19(21)17-9-7-8-10-18(17)20(22)24-14-12-16(4)6-2/h5-10H,11-14H2,1-4H3. The van der Waals surface area contributed by atoms with Gasteiger partial charge in [0, 0.05) is 12.8 Å². The highest BCUT2D eigenvalue weighted by molar-refractivity contribution is 6.03. The number of allylic oxidation sites excluding steroid dienone is 2. The van der Waals surface area contributed by atoms with Gasteiger partial charge in [0.25, 0.3) is 0 Å². The number of carbonyl (C=O) groups is 2. The summed E-state index contributed by atoms with van der Waals surface area (Å²) in [5.74, 6) is -1.01. The summed E-state index contributed by atoms with van der Waals surface area (Å²) in [5, 5.41) is 0. The van der Waals surface area contributed by atoms with Crippen LogP contribution in [-0.2, 0) is 9.47 Å². The molecule has 1 aromatic carbocycles. The molecule has 24 heavy (non-hydrogen) atoms. The van der Waals surface area contributed by atoms with E-state index in [2.05, 4.69) is 0 Å². The second-order valence-corrected chi connectivity index (χ2v) is 5.59. The smallest absolute Gasteiger partial charge is 0.339 e. The summed E-state index contributed by atoms with van der Waals surface area (Å²) in [6.45, 7) is 8.42. The zero-order valence-electron chi connectivity index (χ0n) is 14.9. The molecule has 0 amide bonds. The zero-order valence-corrected chi connectivity index (χ0v) is 14.9. The second kappa shape index (κ2) is 10.4. The van der Waals surface area contributed by atoms with Gasteiger partial charge in [-0.3, -0.25) is 0 Å². The third-order valence-electron chi connectivity index (χ3n) is 3.81. The van der Waals surface area contributed by atoms with Crippen LogP contribution in [0.3, 0.4) is 0 Å². The molecule has 0 aromatic heterocycles. The highest BCUT2D eigenvalue weighted by Crippen LogP contribution is 2.13. The van der Waals surface area contributed by atoms with Gasteiger partial charge in [0.15, 0.2) is 0 Å². The van der Waals surface area contributed by atoms with Crippen molar-refractivity contribution in [3.63, 3.8) is 0 Å². The maximum absolute atomic E-state index is 12.2. The van der Waals surface area contributed by atoms with Crippen LogP contribution < -0.4 is 0 Å². The third kappa shape index (κ3) is 6.41. The van der Waals surface area contributed by atoms with Crippen LogP contribution in [0.4, 0.5) is 0 Å². The molecule has 0 fully saturated rings. The molecule has 0 saturated heterocycles. The first kappa shape index (κ1) is 19.7. The largest absolute Gasteiger partial charge is 0.462 e. The van der Waals surface area contributed by atoms with Crippen molar-refractivity contribution in [2.75, 3.05) is 13.2 Å². The maximum Gasteiger partial charge on any atom is 0.339 e. The van der Waals surface area contributed by atoms with Crippen molar-refractivity contribution in [3.8, 4) is 0 Å². The van der Waals surface area contributed by atoms with Gasteiger partial charge >= 0.3 is 11.9 Å². The molecule has 0 aliphatic carbocycles. The number of carbonyl (C=O) groups excluding carboxylic acids is 2. The Kier molecular flexibility index (Phi) is 8.55. The molecule has 0 bridgehead atoms. The molecule has 4 nitrogen and oxygen atoms in total. The van der Waals surface area contributed by atoms with E-state index in [1.165, 1.54) is 0 Å². The normalized spacial score (nSPS) is 12.0. The lowest BCUT2D eigenvalue weighted by atomic mass is 10.1. The Hall–Kier alpha value is -2.36. The summed E-state index contributed by atoms with van der Waals surface area (Å²) in [5.41, 5.74) is 2.77. The second-order valence-electron chi connectivity index (χ2n) is 5.59. The van der Waals surface area contributed by atoms with E-state index in [-0.39, 0.29) is 11.1 Å². The first-order chi connectivity index (χ1) is 11.5. The fourth-order valence-corrected chi connectivity index (χ4v) is 1.89. The summed E-state index contributed by atoms with van der Waals surface area (Å²) in [6, 6.07) is 6.57. The Morgan fingerprint density at radius 3 is 1.54 bits per heavy atom. The van der Waals surface area contributed by atoms with E-state index in [9.17, 15) is 9.59 Å². The summed E-state index contributed by atoms with van der Waals surface area (Å²) in [7, 11) is 0. The number of hydrogen-bond donors (Lipinski definition) is 0. The van der Waals surface area contributed by atoms with Gasteiger partial charge in [-0.25, -0.2) is 9.59 Å². The molecule has 1 aromatic rings. The van der Waals surface area contributed by atoms with Crippen molar-refractivity contribution in [1.82, 2.24) is 0 Å². The van der Waals surface area contributed by atoms with Crippen LogP contribution in [0.25, 0.3) is 0 Å². The van der Waals surface area contributed by atoms with Crippen LogP contribution >= 0.6 is 0 Å². The van der Waals surface area contributed by atoms with Gasteiger partial charge in [-0.1, -0.05) is 35.4 Å². The van der Waals surface area contributed by atoms with Crippen molar-refractivity contribution in [2.24, 2.45) is 0 Å². The molecular weight excluding hydrogens is 304 g/mol. The molecule has 130 valence electrons. The molecule has 1 rings (SSSR count). The van der Waals surface area contributed by atoms with E-state index in [1.807, 2.05) is 39.8 Å². The molecule has 0 radical (unpaired) electrons. The van der Waals surface area contributed by atoms with Crippen LogP contribution in [0.15, 0.2) is 47.6 Å². The van der Waals surface area contributed by atoms with Crippen LogP contribution in [-0.4, -0.2) is 25.2 Å². The van der Waals surface area contributed by atoms with E-state index in [4.69, 9.17) is 9.47 Å². The van der Waals surface area contributed by atoms with Crippen molar-refractivity contribution in [3.05, 3.63) is 58.7 Å². The maximum atomic E-state index is 12.2. The topological polar surface area (TPSA) is 52.6 Å². The minimum Gasteiger partial charge on any atom is -0.462 e. The molecule has 0 aliphatic heterocycles. The lowest BCUT2D eigenvalue weighted by Crippen LogP contribution is -2.15. The summed E-state index contributed by atoms with van der Waals surface area (Å²) < 4.78 is 10.5. The van der Waals surface area contributed by atoms with E-state index in [0.29, 0.717) is 26.1 Å². The van der Waals surface area contributed by atoms with Crippen molar-refractivity contribution < 1.29 is 19.1 Å². The van der Waals surface area contributed by atoms with Gasteiger partial charge in [0.1, 0.15) is 0 Å². The van der Waals surface area contributed by atoms with Gasteiger partial charge < -0.3 is 9.47 Å². The number of hydrogen-bond acceptors (Lipinski definition) is 4. The van der Waals surface area contributed by atoms with Gasteiger partial charge in [-0.15, -0.1) is 0 Å². The predicted octanol–water partition coefficient (Wildman–Crippen LogP) is 4.71. The Labute approximate surface area is 144 Å². The minimum absolute atomic E-state index is 0.239. The number of benzene rings is 1. The average Bonchev–Trinajstić information content (AvgIpc) is 2.60. The van der Waals surface area contributed by atoms with Crippen molar-refractivity contribution >= 4 is 11.9 Å². The number of rotatable bonds is 8. The molecular formula is C20H26O4. The Balaban J connectivity index is 2.69. The average molecular weight is 330 g/mol. The lowest BCUT2D eigenvalue weighted by molar-refractivity contribution is 0.0462. The van der Waals surface area contributed by atoms with Gasteiger partial charge in [-0.05, 0) is 39.8 Å². The zero-order chi connectivity index (χ0) is 17.9. The quantitative estimate of drug-likeness (QED) is 0.511. The third-order valence-corrected chi connectivity index (χ3v) is 3.81. The first-order valence-corrected chi connectivity index (χ1v) is 8.16. The van der Waals surface area contributed by atoms with E-state index < -0.39 is 11.9 Å². The van der Waals surface area contributed by atoms with E-state index in [1.54, 1.807) is 24.3 Å². The lowest BCUT2D eigenvalue weighted by Gasteiger charge is -2.10. The SMILES string of the molecule is CC=C(C)CCOC(=O)c1ccccc1C(=O)OCCC(C)=CC. The minimum atomic E-state index is -0.504. The highest BCUT2D eigenvalue weighted by atomic mass is 16.5. The highest BCUT2D eigenvalue weighted by Gasteiger charge is 2.18. The van der Waals surface area contributed by atoms with Crippen LogP contribution in [0.1, 0.15) is 61.3 Å². The molecule has 4 heteroatoms. The summed E-state index contributed by atoms with van der Waals surface area (Å²) in [6.07, 6.45) is 5.31. The molecule has 0 spiro atoms. The number of esters is 2. The molecule has 0 heterocycles. The molecule has 0 N–H and O–H groups in total. The van der Waals surface area contributed by atoms with Gasteiger partial charge in [-0.2, -0.15) is 0 Å². The fraction of sp³-hybridized carbons (Fsp3) is 0.400. The molecule has 0 saturated carbocycles. The van der Waals surface area contributed by atoms with Crippen LogP contribution in [0.2, 0.25) is 0 Å². The van der Waals surface area contributed by atoms with Gasteiger partial charge in [0.2, 0.25) is 0 Å². The number of ether oxygens (including phenoxy) is 2. The predicted molar refractivity (Wildman–Crippen MR) is 95.1 cm³/mol. The Morgan fingerprint density at radius 2 is 1.21 bits per heavy atom. The van der Waals surface area contributed by atoms with E-state index >= 15 is 0 Å². The first-order valence-electron chi connectivity index (χ1n) is 8.16. The molecule has 0 aliphatic rings. The van der Waals surface area contributed by atoms with Crippen molar-refractivity contribution in [1.29, 1.82) is 0 Å². The summed E-state index contributed by atoms with van der Waals surface area (Å²) >= 11 is 0.